The number of nitrogens with one attached hydrogen (secondary N) is 1. The topological polar surface area (TPSA) is 92.0 Å². The number of hydrogen-bond acceptors (Lipinski definition) is 4. The average Bonchev–Trinajstić information content (AvgIpc) is 2.51. The van der Waals surface area contributed by atoms with Crippen molar-refractivity contribution < 1.29 is 18.8 Å². The molecular weight excluding hydrogens is 200 g/mol. The van der Waals surface area contributed by atoms with Crippen LogP contribution in [0.4, 0.5) is 14.5 Å². The van der Waals surface area contributed by atoms with Crippen LogP contribution in [0.25, 0.3) is 0 Å². The molecule has 0 atom stereocenters. The second kappa shape index (κ2) is 3.66. The van der Waals surface area contributed by atoms with Gasteiger partial charge in [0.15, 0.2) is 5.69 Å². The van der Waals surface area contributed by atoms with Gasteiger partial charge in [0.1, 0.15) is 6.20 Å². The van der Waals surface area contributed by atoms with E-state index in [9.17, 15) is 18.9 Å². The van der Waals surface area contributed by atoms with Crippen LogP contribution in [0.3, 0.4) is 0 Å². The largest absolute Gasteiger partial charge is 0.396 e. The molecule has 1 aromatic heterocycles. The maximum atomic E-state index is 13.1. The van der Waals surface area contributed by atoms with Gasteiger partial charge in [-0.1, -0.05) is 0 Å². The molecule has 14 heavy (non-hydrogen) atoms. The van der Waals surface area contributed by atoms with Crippen LogP contribution in [0.15, 0.2) is 6.20 Å². The first-order valence-corrected chi connectivity index (χ1v) is 3.66. The first-order chi connectivity index (χ1) is 6.49. The lowest BCUT2D eigenvalue weighted by Gasteiger charge is -2.11. The predicted octanol–water partition coefficient (Wildman–Crippen LogP) is 0.792. The molecule has 0 saturated heterocycles. The summed E-state index contributed by atoms with van der Waals surface area (Å²) in [6.45, 7) is -0.761. The van der Waals surface area contributed by atoms with Gasteiger partial charge in [-0.05, 0) is 0 Å². The number of aliphatic hydroxyl groups is 1. The summed E-state index contributed by atoms with van der Waals surface area (Å²) in [5, 5.41) is 23.7. The Morgan fingerprint density at radius 1 is 1.71 bits per heavy atom. The fraction of sp³-hybridized carbons (Fsp3) is 0.500. The van der Waals surface area contributed by atoms with Crippen molar-refractivity contribution in [2.24, 2.45) is 0 Å². The molecule has 0 aliphatic rings. The van der Waals surface area contributed by atoms with Crippen LogP contribution in [-0.4, -0.2) is 26.8 Å². The Morgan fingerprint density at radius 3 is 2.86 bits per heavy atom. The molecule has 0 fully saturated rings. The van der Waals surface area contributed by atoms with Crippen LogP contribution in [0, 0.1) is 10.1 Å². The van der Waals surface area contributed by atoms with Crippen molar-refractivity contribution in [1.29, 1.82) is 0 Å². The van der Waals surface area contributed by atoms with Gasteiger partial charge in [0.2, 0.25) is 0 Å². The molecule has 1 aromatic rings. The SMILES string of the molecule is O=[N+]([O-])c1cn[nH]c1C(F)(F)CCO. The Labute approximate surface area is 76.7 Å². The van der Waals surface area contributed by atoms with Gasteiger partial charge >= 0.3 is 5.69 Å². The highest BCUT2D eigenvalue weighted by Crippen LogP contribution is 2.35. The Bertz CT molecular complexity index is 339. The van der Waals surface area contributed by atoms with E-state index in [1.54, 1.807) is 0 Å². The Hall–Kier alpha value is -1.57. The van der Waals surface area contributed by atoms with E-state index < -0.39 is 35.3 Å². The standard InChI is InChI=1S/C6H7F2N3O3/c7-6(8,1-2-12)5-4(11(13)14)3-9-10-5/h3,12H,1-2H2,(H,9,10). The molecule has 0 radical (unpaired) electrons. The van der Waals surface area contributed by atoms with Crippen LogP contribution < -0.4 is 0 Å². The van der Waals surface area contributed by atoms with E-state index in [0.29, 0.717) is 6.20 Å². The Morgan fingerprint density at radius 2 is 2.36 bits per heavy atom. The third kappa shape index (κ3) is 1.84. The molecule has 0 aromatic carbocycles. The first-order valence-electron chi connectivity index (χ1n) is 3.66. The molecule has 0 aliphatic carbocycles. The summed E-state index contributed by atoms with van der Waals surface area (Å²) in [6, 6.07) is 0. The molecule has 0 spiro atoms. The molecule has 0 saturated carbocycles. The quantitative estimate of drug-likeness (QED) is 0.564. The highest BCUT2D eigenvalue weighted by molar-refractivity contribution is 5.35. The van der Waals surface area contributed by atoms with E-state index in [2.05, 4.69) is 5.10 Å². The number of H-pyrrole nitrogens is 1. The van der Waals surface area contributed by atoms with Crippen molar-refractivity contribution >= 4 is 5.69 Å². The number of alkyl halides is 2. The highest BCUT2D eigenvalue weighted by atomic mass is 19.3. The van der Waals surface area contributed by atoms with Gasteiger partial charge in [0.25, 0.3) is 5.92 Å². The van der Waals surface area contributed by atoms with Gasteiger partial charge in [0.05, 0.1) is 4.92 Å². The van der Waals surface area contributed by atoms with Gasteiger partial charge in [-0.15, -0.1) is 0 Å². The summed E-state index contributed by atoms with van der Waals surface area (Å²) in [5.74, 6) is -3.46. The molecule has 1 rings (SSSR count). The summed E-state index contributed by atoms with van der Waals surface area (Å²) in [7, 11) is 0. The van der Waals surface area contributed by atoms with Gasteiger partial charge in [0, 0.05) is 13.0 Å². The van der Waals surface area contributed by atoms with Gasteiger partial charge < -0.3 is 5.11 Å². The summed E-state index contributed by atoms with van der Waals surface area (Å²) >= 11 is 0. The second-order valence-electron chi connectivity index (χ2n) is 2.57. The molecule has 0 amide bonds. The fourth-order valence-electron chi connectivity index (χ4n) is 0.953. The minimum absolute atomic E-state index is 0.709. The summed E-state index contributed by atoms with van der Waals surface area (Å²) < 4.78 is 26.1. The number of aliphatic hydroxyl groups excluding tert-OH is 1. The monoisotopic (exact) mass is 207 g/mol. The fourth-order valence-corrected chi connectivity index (χ4v) is 0.953. The smallest absolute Gasteiger partial charge is 0.316 e. The maximum Gasteiger partial charge on any atom is 0.316 e. The van der Waals surface area contributed by atoms with E-state index in [1.807, 2.05) is 5.10 Å². The lowest BCUT2D eigenvalue weighted by Crippen LogP contribution is -2.17. The van der Waals surface area contributed by atoms with Crippen molar-refractivity contribution in [1.82, 2.24) is 10.2 Å². The molecule has 8 heteroatoms. The molecule has 0 bridgehead atoms. The van der Waals surface area contributed by atoms with Crippen LogP contribution in [-0.2, 0) is 5.92 Å². The number of nitrogens with zero attached hydrogens (tertiary/aromatic N) is 2. The van der Waals surface area contributed by atoms with Crippen molar-refractivity contribution in [2.75, 3.05) is 6.61 Å². The van der Waals surface area contributed by atoms with Crippen LogP contribution in [0.1, 0.15) is 12.1 Å². The highest BCUT2D eigenvalue weighted by Gasteiger charge is 2.39. The first kappa shape index (κ1) is 10.5. The molecular formula is C6H7F2N3O3. The normalized spacial score (nSPS) is 11.6. The number of aromatic amines is 1. The van der Waals surface area contributed by atoms with Crippen LogP contribution in [0.2, 0.25) is 0 Å². The predicted molar refractivity (Wildman–Crippen MR) is 40.8 cm³/mol. The third-order valence-electron chi connectivity index (χ3n) is 1.61. The van der Waals surface area contributed by atoms with Crippen molar-refractivity contribution in [3.8, 4) is 0 Å². The van der Waals surface area contributed by atoms with E-state index in [4.69, 9.17) is 5.11 Å². The van der Waals surface area contributed by atoms with Gasteiger partial charge in [-0.3, -0.25) is 15.2 Å². The van der Waals surface area contributed by atoms with Gasteiger partial charge in [-0.25, -0.2) is 0 Å². The third-order valence-corrected chi connectivity index (χ3v) is 1.61. The van der Waals surface area contributed by atoms with Crippen molar-refractivity contribution in [2.45, 2.75) is 12.3 Å². The number of rotatable bonds is 4. The van der Waals surface area contributed by atoms with E-state index in [-0.39, 0.29) is 0 Å². The van der Waals surface area contributed by atoms with E-state index >= 15 is 0 Å². The van der Waals surface area contributed by atoms with Crippen molar-refractivity contribution in [3.05, 3.63) is 22.0 Å². The van der Waals surface area contributed by atoms with Crippen molar-refractivity contribution in [3.63, 3.8) is 0 Å². The molecule has 1 heterocycles. The summed E-state index contributed by atoms with van der Waals surface area (Å²) in [6.07, 6.45) is -0.170. The molecule has 0 unspecified atom stereocenters. The van der Waals surface area contributed by atoms with E-state index in [1.165, 1.54) is 0 Å². The molecule has 0 aliphatic heterocycles. The average molecular weight is 207 g/mol. The lowest BCUT2D eigenvalue weighted by atomic mass is 10.1. The van der Waals surface area contributed by atoms with E-state index in [0.717, 1.165) is 0 Å². The Balaban J connectivity index is 3.05. The molecule has 78 valence electrons. The van der Waals surface area contributed by atoms with Crippen LogP contribution in [0.5, 0.6) is 0 Å². The van der Waals surface area contributed by atoms with Gasteiger partial charge in [-0.2, -0.15) is 13.9 Å². The number of aromatic nitrogens is 2. The minimum Gasteiger partial charge on any atom is -0.396 e. The summed E-state index contributed by atoms with van der Waals surface area (Å²) in [5.41, 5.74) is -1.65. The number of hydrogen-bond donors (Lipinski definition) is 2. The summed E-state index contributed by atoms with van der Waals surface area (Å²) in [4.78, 5) is 9.33. The zero-order chi connectivity index (χ0) is 10.8. The minimum atomic E-state index is -3.46. The maximum absolute atomic E-state index is 13.1. The lowest BCUT2D eigenvalue weighted by molar-refractivity contribution is -0.387. The Kier molecular flexibility index (Phi) is 2.75. The van der Waals surface area contributed by atoms with Crippen LogP contribution >= 0.6 is 0 Å². The number of halogens is 2. The zero-order valence-electron chi connectivity index (χ0n) is 6.91. The molecule has 2 N–H and O–H groups in total. The zero-order valence-corrected chi connectivity index (χ0v) is 6.91. The molecule has 6 nitrogen and oxygen atoms in total. The number of nitro groups is 1. The second-order valence-corrected chi connectivity index (χ2v) is 2.57.